The summed E-state index contributed by atoms with van der Waals surface area (Å²) in [6, 6.07) is 3.79. The van der Waals surface area contributed by atoms with Crippen LogP contribution in [-0.4, -0.2) is 35.4 Å². The number of hydrogen-bond acceptors (Lipinski definition) is 5. The molecule has 0 aliphatic carbocycles. The number of aromatic nitrogens is 1. The van der Waals surface area contributed by atoms with Crippen molar-refractivity contribution in [3.63, 3.8) is 0 Å². The molecule has 1 amide bonds. The Morgan fingerprint density at radius 3 is 2.95 bits per heavy atom. The third-order valence-corrected chi connectivity index (χ3v) is 5.01. The summed E-state index contributed by atoms with van der Waals surface area (Å²) < 4.78 is 5.58. The molecule has 5 nitrogen and oxygen atoms in total. The number of carbonyl (C=O) groups is 1. The first-order valence-corrected chi connectivity index (χ1v) is 7.93. The highest BCUT2D eigenvalue weighted by atomic mass is 32.1. The summed E-state index contributed by atoms with van der Waals surface area (Å²) in [6.07, 6.45) is 0.990. The highest BCUT2D eigenvalue weighted by Crippen LogP contribution is 2.31. The summed E-state index contributed by atoms with van der Waals surface area (Å²) >= 11 is 1.40. The van der Waals surface area contributed by atoms with Crippen LogP contribution in [0.15, 0.2) is 16.5 Å². The van der Waals surface area contributed by atoms with Crippen molar-refractivity contribution >= 4 is 17.2 Å². The number of nitrogens with zero attached hydrogens (tertiary/aromatic N) is 2. The second-order valence-electron chi connectivity index (χ2n) is 5.49. The van der Waals surface area contributed by atoms with Crippen molar-refractivity contribution in [3.05, 3.63) is 28.5 Å². The van der Waals surface area contributed by atoms with Crippen LogP contribution in [0, 0.1) is 19.8 Å². The fourth-order valence-electron chi connectivity index (χ4n) is 2.60. The van der Waals surface area contributed by atoms with E-state index >= 15 is 0 Å². The Kier molecular flexibility index (Phi) is 3.82. The number of furan rings is 1. The van der Waals surface area contributed by atoms with Crippen molar-refractivity contribution in [1.82, 2.24) is 9.88 Å². The zero-order chi connectivity index (χ0) is 15.0. The lowest BCUT2D eigenvalue weighted by atomic mass is 10.1. The lowest BCUT2D eigenvalue weighted by Gasteiger charge is -2.15. The number of rotatable bonds is 3. The molecule has 0 radical (unpaired) electrons. The molecule has 0 bridgehead atoms. The Bertz CT molecular complexity index is 662. The number of carbonyl (C=O) groups excluding carboxylic acids is 1. The molecule has 1 fully saturated rings. The first-order chi connectivity index (χ1) is 10.1. The predicted molar refractivity (Wildman–Crippen MR) is 82.4 cm³/mol. The average molecular weight is 305 g/mol. The first-order valence-electron chi connectivity index (χ1n) is 7.12. The molecule has 1 aliphatic rings. The number of thiazole rings is 1. The van der Waals surface area contributed by atoms with Crippen molar-refractivity contribution in [2.45, 2.75) is 20.3 Å². The van der Waals surface area contributed by atoms with Gasteiger partial charge in [0.1, 0.15) is 10.6 Å². The van der Waals surface area contributed by atoms with Crippen molar-refractivity contribution in [2.75, 3.05) is 19.6 Å². The van der Waals surface area contributed by atoms with Crippen molar-refractivity contribution in [1.29, 1.82) is 0 Å². The fourth-order valence-corrected chi connectivity index (χ4v) is 3.60. The van der Waals surface area contributed by atoms with Gasteiger partial charge in [-0.3, -0.25) is 4.79 Å². The SMILES string of the molecule is Cc1ccc(-c2nc(C)c(C(=O)N3CCC(CN)C3)s2)o1. The minimum absolute atomic E-state index is 0.0653. The molecule has 21 heavy (non-hydrogen) atoms. The molecule has 6 heteroatoms. The van der Waals surface area contributed by atoms with Gasteiger partial charge in [-0.25, -0.2) is 4.98 Å². The zero-order valence-corrected chi connectivity index (χ0v) is 13.1. The van der Waals surface area contributed by atoms with E-state index in [4.69, 9.17) is 10.2 Å². The second-order valence-corrected chi connectivity index (χ2v) is 6.48. The van der Waals surface area contributed by atoms with E-state index in [1.54, 1.807) is 0 Å². The Balaban J connectivity index is 1.83. The van der Waals surface area contributed by atoms with E-state index in [9.17, 15) is 4.79 Å². The Morgan fingerprint density at radius 1 is 1.52 bits per heavy atom. The van der Waals surface area contributed by atoms with Crippen LogP contribution >= 0.6 is 11.3 Å². The van der Waals surface area contributed by atoms with Gasteiger partial charge in [0.05, 0.1) is 5.69 Å². The van der Waals surface area contributed by atoms with Crippen LogP contribution in [0.5, 0.6) is 0 Å². The molecule has 1 aliphatic heterocycles. The van der Waals surface area contributed by atoms with Crippen molar-refractivity contribution in [2.24, 2.45) is 11.7 Å². The summed E-state index contributed by atoms with van der Waals surface area (Å²) in [4.78, 5) is 19.7. The van der Waals surface area contributed by atoms with Gasteiger partial charge in [-0.1, -0.05) is 0 Å². The minimum Gasteiger partial charge on any atom is -0.459 e. The quantitative estimate of drug-likeness (QED) is 0.945. The monoisotopic (exact) mass is 305 g/mol. The maximum absolute atomic E-state index is 12.6. The van der Waals surface area contributed by atoms with Crippen LogP contribution in [0.25, 0.3) is 10.8 Å². The van der Waals surface area contributed by atoms with Crippen LogP contribution in [-0.2, 0) is 0 Å². The normalized spacial score (nSPS) is 18.4. The summed E-state index contributed by atoms with van der Waals surface area (Å²) in [5, 5.41) is 0.763. The summed E-state index contributed by atoms with van der Waals surface area (Å²) in [6.45, 7) is 5.95. The smallest absolute Gasteiger partial charge is 0.265 e. The standard InChI is InChI=1S/C15H19N3O2S/c1-9-3-4-12(20-9)14-17-10(2)13(21-14)15(19)18-6-5-11(7-16)8-18/h3-4,11H,5-8,16H2,1-2H3. The molecular weight excluding hydrogens is 286 g/mol. The van der Waals surface area contributed by atoms with Crippen LogP contribution in [0.4, 0.5) is 0 Å². The molecule has 0 saturated carbocycles. The Hall–Kier alpha value is -1.66. The molecule has 0 aromatic carbocycles. The van der Waals surface area contributed by atoms with Crippen LogP contribution in [0.3, 0.4) is 0 Å². The molecule has 1 saturated heterocycles. The topological polar surface area (TPSA) is 72.4 Å². The van der Waals surface area contributed by atoms with Crippen LogP contribution in [0.2, 0.25) is 0 Å². The van der Waals surface area contributed by atoms with E-state index in [-0.39, 0.29) is 5.91 Å². The lowest BCUT2D eigenvalue weighted by Crippen LogP contribution is -2.29. The Labute approximate surface area is 127 Å². The van der Waals surface area contributed by atoms with E-state index in [0.717, 1.165) is 41.7 Å². The predicted octanol–water partition coefficient (Wildman–Crippen LogP) is 2.44. The van der Waals surface area contributed by atoms with Gasteiger partial charge in [0.2, 0.25) is 0 Å². The molecule has 3 rings (SSSR count). The molecule has 0 spiro atoms. The van der Waals surface area contributed by atoms with Crippen LogP contribution < -0.4 is 5.73 Å². The van der Waals surface area contributed by atoms with E-state index in [1.807, 2.05) is 30.9 Å². The number of hydrogen-bond donors (Lipinski definition) is 1. The van der Waals surface area contributed by atoms with E-state index < -0.39 is 0 Å². The second kappa shape index (κ2) is 5.61. The minimum atomic E-state index is 0.0653. The average Bonchev–Trinajstić information content (AvgIpc) is 3.17. The van der Waals surface area contributed by atoms with Gasteiger partial charge in [-0.15, -0.1) is 11.3 Å². The molecular formula is C15H19N3O2S. The first kappa shape index (κ1) is 14.3. The highest BCUT2D eigenvalue weighted by Gasteiger charge is 2.28. The molecule has 2 N–H and O–H groups in total. The molecule has 3 heterocycles. The van der Waals surface area contributed by atoms with Crippen LogP contribution in [0.1, 0.15) is 27.5 Å². The van der Waals surface area contributed by atoms with Gasteiger partial charge in [0, 0.05) is 13.1 Å². The summed E-state index contributed by atoms with van der Waals surface area (Å²) in [5.74, 6) is 2.06. The van der Waals surface area contributed by atoms with Gasteiger partial charge in [-0.05, 0) is 44.9 Å². The van der Waals surface area contributed by atoms with Crippen molar-refractivity contribution in [3.8, 4) is 10.8 Å². The third-order valence-electron chi connectivity index (χ3n) is 3.85. The summed E-state index contributed by atoms with van der Waals surface area (Å²) in [7, 11) is 0. The highest BCUT2D eigenvalue weighted by molar-refractivity contribution is 7.17. The maximum Gasteiger partial charge on any atom is 0.265 e. The summed E-state index contributed by atoms with van der Waals surface area (Å²) in [5.41, 5.74) is 6.46. The van der Waals surface area contributed by atoms with Gasteiger partial charge in [0.15, 0.2) is 10.8 Å². The van der Waals surface area contributed by atoms with Gasteiger partial charge >= 0.3 is 0 Å². The third kappa shape index (κ3) is 2.73. The fraction of sp³-hybridized carbons (Fsp3) is 0.467. The number of aryl methyl sites for hydroxylation is 2. The largest absolute Gasteiger partial charge is 0.459 e. The van der Waals surface area contributed by atoms with Gasteiger partial charge in [-0.2, -0.15) is 0 Å². The van der Waals surface area contributed by atoms with E-state index in [2.05, 4.69) is 4.98 Å². The van der Waals surface area contributed by atoms with Gasteiger partial charge < -0.3 is 15.1 Å². The maximum atomic E-state index is 12.6. The molecule has 2 aromatic rings. The number of nitrogens with two attached hydrogens (primary N) is 1. The number of amides is 1. The van der Waals surface area contributed by atoms with E-state index in [0.29, 0.717) is 17.3 Å². The molecule has 2 aromatic heterocycles. The molecule has 112 valence electrons. The van der Waals surface area contributed by atoms with Gasteiger partial charge in [0.25, 0.3) is 5.91 Å². The lowest BCUT2D eigenvalue weighted by molar-refractivity contribution is 0.0791. The van der Waals surface area contributed by atoms with E-state index in [1.165, 1.54) is 11.3 Å². The molecule has 1 unspecified atom stereocenters. The Morgan fingerprint density at radius 2 is 2.33 bits per heavy atom. The molecule has 1 atom stereocenters. The van der Waals surface area contributed by atoms with Crippen molar-refractivity contribution < 1.29 is 9.21 Å². The number of likely N-dealkylation sites (tertiary alicyclic amines) is 1. The zero-order valence-electron chi connectivity index (χ0n) is 12.3.